The number of non-ortho nitro benzene ring substituents is 1. The lowest BCUT2D eigenvalue weighted by atomic mass is 10.1. The molecule has 9 heteroatoms. The number of ketones is 1. The number of rotatable bonds is 7. The number of nitro benzene ring substituents is 2. The average molecular weight is 358 g/mol. The molecular weight excluding hydrogens is 344 g/mol. The maximum atomic E-state index is 12.4. The van der Waals surface area contributed by atoms with E-state index in [1.165, 1.54) is 38.5 Å². The van der Waals surface area contributed by atoms with Gasteiger partial charge < -0.3 is 9.47 Å². The zero-order valence-corrected chi connectivity index (χ0v) is 13.9. The van der Waals surface area contributed by atoms with Crippen LogP contribution in [0.1, 0.15) is 15.9 Å². The molecule has 0 aliphatic rings. The second-order valence-electron chi connectivity index (χ2n) is 5.02. The van der Waals surface area contributed by atoms with Gasteiger partial charge in [-0.05, 0) is 30.4 Å². The van der Waals surface area contributed by atoms with E-state index < -0.39 is 27.0 Å². The number of benzene rings is 2. The Morgan fingerprint density at radius 1 is 1.00 bits per heavy atom. The quantitative estimate of drug-likeness (QED) is 0.322. The van der Waals surface area contributed by atoms with Gasteiger partial charge in [-0.25, -0.2) is 0 Å². The van der Waals surface area contributed by atoms with Crippen molar-refractivity contribution in [2.24, 2.45) is 0 Å². The van der Waals surface area contributed by atoms with Gasteiger partial charge in [-0.3, -0.25) is 25.0 Å². The Morgan fingerprint density at radius 2 is 1.73 bits per heavy atom. The summed E-state index contributed by atoms with van der Waals surface area (Å²) in [6.45, 7) is 0. The van der Waals surface area contributed by atoms with Crippen LogP contribution < -0.4 is 9.47 Å². The molecule has 0 bridgehead atoms. The highest BCUT2D eigenvalue weighted by Crippen LogP contribution is 2.27. The second-order valence-corrected chi connectivity index (χ2v) is 5.02. The van der Waals surface area contributed by atoms with Crippen molar-refractivity contribution in [1.29, 1.82) is 0 Å². The van der Waals surface area contributed by atoms with E-state index >= 15 is 0 Å². The van der Waals surface area contributed by atoms with Gasteiger partial charge in [0.2, 0.25) is 0 Å². The predicted octanol–water partition coefficient (Wildman–Crippen LogP) is 3.42. The molecule has 0 heterocycles. The number of carbonyl (C=O) groups is 1. The van der Waals surface area contributed by atoms with E-state index in [1.54, 1.807) is 6.07 Å². The maximum absolute atomic E-state index is 12.4. The van der Waals surface area contributed by atoms with Crippen molar-refractivity contribution in [1.82, 2.24) is 0 Å². The van der Waals surface area contributed by atoms with Crippen molar-refractivity contribution in [3.05, 3.63) is 73.8 Å². The first kappa shape index (κ1) is 18.6. The molecule has 134 valence electrons. The van der Waals surface area contributed by atoms with E-state index in [0.717, 1.165) is 18.2 Å². The van der Waals surface area contributed by atoms with Crippen molar-refractivity contribution in [3.8, 4) is 11.5 Å². The lowest BCUT2D eigenvalue weighted by Crippen LogP contribution is -2.00. The first-order valence-corrected chi connectivity index (χ1v) is 7.24. The van der Waals surface area contributed by atoms with Crippen LogP contribution in [0.5, 0.6) is 11.5 Å². The van der Waals surface area contributed by atoms with Crippen LogP contribution in [0.4, 0.5) is 11.4 Å². The molecule has 0 spiro atoms. The van der Waals surface area contributed by atoms with Crippen LogP contribution in [0.3, 0.4) is 0 Å². The maximum Gasteiger partial charge on any atom is 0.283 e. The molecule has 0 saturated heterocycles. The molecule has 0 N–H and O–H groups in total. The number of nitro groups is 2. The SMILES string of the molecule is COc1ccc(C(=O)/C=C/c2ccc([N+](=O)[O-])cc2[N+](=O)[O-])c(OC)c1. The van der Waals surface area contributed by atoms with Crippen LogP contribution in [0.15, 0.2) is 42.5 Å². The van der Waals surface area contributed by atoms with Gasteiger partial charge in [-0.2, -0.15) is 0 Å². The van der Waals surface area contributed by atoms with Gasteiger partial charge in [-0.1, -0.05) is 0 Å². The highest BCUT2D eigenvalue weighted by Gasteiger charge is 2.18. The van der Waals surface area contributed by atoms with Crippen molar-refractivity contribution in [2.45, 2.75) is 0 Å². The number of hydrogen-bond donors (Lipinski definition) is 0. The van der Waals surface area contributed by atoms with Crippen molar-refractivity contribution >= 4 is 23.2 Å². The van der Waals surface area contributed by atoms with E-state index in [0.29, 0.717) is 5.75 Å². The molecule has 0 atom stereocenters. The Labute approximate surface area is 147 Å². The molecule has 0 unspecified atom stereocenters. The fraction of sp³-hybridized carbons (Fsp3) is 0.118. The fourth-order valence-corrected chi connectivity index (χ4v) is 2.20. The Kier molecular flexibility index (Phi) is 5.63. The lowest BCUT2D eigenvalue weighted by molar-refractivity contribution is -0.394. The second kappa shape index (κ2) is 7.88. The standard InChI is InChI=1S/C17H14N2O7/c1-25-13-6-7-14(17(10-13)26-2)16(20)8-4-11-3-5-12(18(21)22)9-15(11)19(23)24/h3-10H,1-2H3/b8-4+. The first-order chi connectivity index (χ1) is 12.4. The largest absolute Gasteiger partial charge is 0.497 e. The van der Waals surface area contributed by atoms with Gasteiger partial charge in [0.1, 0.15) is 11.5 Å². The third kappa shape index (κ3) is 4.01. The lowest BCUT2D eigenvalue weighted by Gasteiger charge is -2.07. The van der Waals surface area contributed by atoms with Gasteiger partial charge in [0.05, 0.1) is 41.3 Å². The minimum Gasteiger partial charge on any atom is -0.497 e. The van der Waals surface area contributed by atoms with Crippen LogP contribution in [0.2, 0.25) is 0 Å². The Hall–Kier alpha value is -3.75. The van der Waals surface area contributed by atoms with Crippen LogP contribution in [-0.4, -0.2) is 29.8 Å². The highest BCUT2D eigenvalue weighted by atomic mass is 16.6. The summed E-state index contributed by atoms with van der Waals surface area (Å²) in [6, 6.07) is 7.82. The number of hydrogen-bond acceptors (Lipinski definition) is 7. The van der Waals surface area contributed by atoms with E-state index in [4.69, 9.17) is 9.47 Å². The topological polar surface area (TPSA) is 122 Å². The van der Waals surface area contributed by atoms with E-state index in [2.05, 4.69) is 0 Å². The monoisotopic (exact) mass is 358 g/mol. The highest BCUT2D eigenvalue weighted by molar-refractivity contribution is 6.09. The number of nitrogens with zero attached hydrogens (tertiary/aromatic N) is 2. The molecule has 0 amide bonds. The summed E-state index contributed by atoms with van der Waals surface area (Å²) in [5, 5.41) is 21.9. The zero-order valence-electron chi connectivity index (χ0n) is 13.9. The molecule has 0 radical (unpaired) electrons. The molecule has 0 aliphatic heterocycles. The van der Waals surface area contributed by atoms with Crippen molar-refractivity contribution in [2.75, 3.05) is 14.2 Å². The molecule has 0 fully saturated rings. The zero-order chi connectivity index (χ0) is 19.3. The van der Waals surface area contributed by atoms with Gasteiger partial charge in [0, 0.05) is 12.1 Å². The summed E-state index contributed by atoms with van der Waals surface area (Å²) in [5.74, 6) is 0.350. The average Bonchev–Trinajstić information content (AvgIpc) is 2.65. The van der Waals surface area contributed by atoms with E-state index in [-0.39, 0.29) is 16.9 Å². The van der Waals surface area contributed by atoms with Gasteiger partial charge >= 0.3 is 0 Å². The van der Waals surface area contributed by atoms with Gasteiger partial charge in [-0.15, -0.1) is 0 Å². The van der Waals surface area contributed by atoms with Crippen molar-refractivity contribution in [3.63, 3.8) is 0 Å². The first-order valence-electron chi connectivity index (χ1n) is 7.24. The summed E-state index contributed by atoms with van der Waals surface area (Å²) in [5.41, 5.74) is -0.558. The smallest absolute Gasteiger partial charge is 0.283 e. The van der Waals surface area contributed by atoms with Crippen molar-refractivity contribution < 1.29 is 24.1 Å². The molecule has 0 aromatic heterocycles. The molecule has 2 aromatic rings. The molecule has 2 rings (SSSR count). The minimum atomic E-state index is -0.745. The molecule has 26 heavy (non-hydrogen) atoms. The van der Waals surface area contributed by atoms with Crippen LogP contribution >= 0.6 is 0 Å². The minimum absolute atomic E-state index is 0.0708. The summed E-state index contributed by atoms with van der Waals surface area (Å²) in [4.78, 5) is 32.8. The van der Waals surface area contributed by atoms with Crippen LogP contribution in [0.25, 0.3) is 6.08 Å². The number of methoxy groups -OCH3 is 2. The summed E-state index contributed by atoms with van der Waals surface area (Å²) in [7, 11) is 2.88. The Balaban J connectivity index is 2.36. The third-order valence-corrected chi connectivity index (χ3v) is 3.51. The Morgan fingerprint density at radius 3 is 2.31 bits per heavy atom. The van der Waals surface area contributed by atoms with E-state index in [1.807, 2.05) is 0 Å². The predicted molar refractivity (Wildman–Crippen MR) is 92.7 cm³/mol. The molecule has 9 nitrogen and oxygen atoms in total. The molecule has 2 aromatic carbocycles. The molecule has 0 saturated carbocycles. The third-order valence-electron chi connectivity index (χ3n) is 3.51. The summed E-state index contributed by atoms with van der Waals surface area (Å²) in [6.07, 6.45) is 2.37. The van der Waals surface area contributed by atoms with Gasteiger partial charge in [0.15, 0.2) is 5.78 Å². The normalized spacial score (nSPS) is 10.5. The number of carbonyl (C=O) groups excluding carboxylic acids is 1. The fourth-order valence-electron chi connectivity index (χ4n) is 2.20. The Bertz CT molecular complexity index is 906. The van der Waals surface area contributed by atoms with Crippen LogP contribution in [0, 0.1) is 20.2 Å². The van der Waals surface area contributed by atoms with Crippen LogP contribution in [-0.2, 0) is 0 Å². The summed E-state index contributed by atoms with van der Waals surface area (Å²) < 4.78 is 10.2. The van der Waals surface area contributed by atoms with E-state index in [9.17, 15) is 25.0 Å². The number of allylic oxidation sites excluding steroid dienone is 1. The number of ether oxygens (including phenoxy) is 2. The molecular formula is C17H14N2O7. The van der Waals surface area contributed by atoms with Gasteiger partial charge in [0.25, 0.3) is 11.4 Å². The summed E-state index contributed by atoms with van der Waals surface area (Å²) >= 11 is 0. The molecule has 0 aliphatic carbocycles.